The largest absolute Gasteiger partial charge is 0.313 e. The zero-order valence-electron chi connectivity index (χ0n) is 12.2. The topological polar surface area (TPSA) is 18.5 Å². The molecule has 0 radical (unpaired) electrons. The maximum Gasteiger partial charge on any atom is 0.0220 e. The Hall–Kier alpha value is -0.120. The molecule has 1 saturated heterocycles. The first-order chi connectivity index (χ1) is 8.09. The Morgan fingerprint density at radius 3 is 2.71 bits per heavy atom. The summed E-state index contributed by atoms with van der Waals surface area (Å²) in [4.78, 5) is 4.98. The SMILES string of the molecule is CC(C)NCC1CCCCN1CCCN(C)C. The van der Waals surface area contributed by atoms with Crippen molar-refractivity contribution in [3.63, 3.8) is 0 Å². The van der Waals surface area contributed by atoms with Gasteiger partial charge in [0.05, 0.1) is 0 Å². The molecule has 0 spiro atoms. The van der Waals surface area contributed by atoms with Crippen LogP contribution in [0, 0.1) is 0 Å². The molecule has 1 atom stereocenters. The second-order valence-electron chi connectivity index (χ2n) is 5.91. The van der Waals surface area contributed by atoms with E-state index in [2.05, 4.69) is 43.1 Å². The van der Waals surface area contributed by atoms with Crippen molar-refractivity contribution in [1.82, 2.24) is 15.1 Å². The van der Waals surface area contributed by atoms with E-state index in [9.17, 15) is 0 Å². The fourth-order valence-electron chi connectivity index (χ4n) is 2.55. The van der Waals surface area contributed by atoms with Crippen molar-refractivity contribution in [3.8, 4) is 0 Å². The van der Waals surface area contributed by atoms with E-state index in [4.69, 9.17) is 0 Å². The summed E-state index contributed by atoms with van der Waals surface area (Å²) in [5, 5.41) is 3.59. The van der Waals surface area contributed by atoms with Gasteiger partial charge in [0.2, 0.25) is 0 Å². The number of piperidine rings is 1. The lowest BCUT2D eigenvalue weighted by Crippen LogP contribution is -2.47. The summed E-state index contributed by atoms with van der Waals surface area (Å²) in [6.07, 6.45) is 5.47. The summed E-state index contributed by atoms with van der Waals surface area (Å²) >= 11 is 0. The second-order valence-corrected chi connectivity index (χ2v) is 5.91. The quantitative estimate of drug-likeness (QED) is 0.733. The van der Waals surface area contributed by atoms with Crippen molar-refractivity contribution >= 4 is 0 Å². The third-order valence-electron chi connectivity index (χ3n) is 3.56. The fourth-order valence-corrected chi connectivity index (χ4v) is 2.55. The molecule has 1 rings (SSSR count). The molecule has 0 bridgehead atoms. The van der Waals surface area contributed by atoms with Crippen molar-refractivity contribution in [3.05, 3.63) is 0 Å². The lowest BCUT2D eigenvalue weighted by atomic mass is 10.0. The smallest absolute Gasteiger partial charge is 0.0220 e. The van der Waals surface area contributed by atoms with Crippen LogP contribution in [-0.4, -0.2) is 62.2 Å². The van der Waals surface area contributed by atoms with E-state index in [-0.39, 0.29) is 0 Å². The maximum atomic E-state index is 3.59. The predicted octanol–water partition coefficient (Wildman–Crippen LogP) is 1.79. The molecular weight excluding hydrogens is 210 g/mol. The van der Waals surface area contributed by atoms with Gasteiger partial charge in [0.15, 0.2) is 0 Å². The molecule has 0 aromatic carbocycles. The van der Waals surface area contributed by atoms with E-state index in [0.29, 0.717) is 6.04 Å². The maximum absolute atomic E-state index is 3.59. The molecule has 0 aromatic rings. The molecule has 0 aliphatic carbocycles. The van der Waals surface area contributed by atoms with Gasteiger partial charge in [-0.2, -0.15) is 0 Å². The monoisotopic (exact) mass is 241 g/mol. The Morgan fingerprint density at radius 1 is 1.29 bits per heavy atom. The second kappa shape index (κ2) is 8.06. The lowest BCUT2D eigenvalue weighted by molar-refractivity contribution is 0.138. The molecule has 1 N–H and O–H groups in total. The van der Waals surface area contributed by atoms with Crippen LogP contribution in [0.5, 0.6) is 0 Å². The first-order valence-electron chi connectivity index (χ1n) is 7.21. The van der Waals surface area contributed by atoms with Crippen LogP contribution in [-0.2, 0) is 0 Å². The molecule has 0 amide bonds. The molecule has 3 nitrogen and oxygen atoms in total. The van der Waals surface area contributed by atoms with Gasteiger partial charge >= 0.3 is 0 Å². The highest BCUT2D eigenvalue weighted by molar-refractivity contribution is 4.79. The minimum Gasteiger partial charge on any atom is -0.313 e. The normalized spacial score (nSPS) is 22.6. The molecule has 1 aliphatic rings. The van der Waals surface area contributed by atoms with Crippen LogP contribution in [0.25, 0.3) is 0 Å². The van der Waals surface area contributed by atoms with Gasteiger partial charge in [-0.1, -0.05) is 20.3 Å². The molecule has 1 heterocycles. The predicted molar refractivity (Wildman–Crippen MR) is 75.5 cm³/mol. The van der Waals surface area contributed by atoms with Crippen molar-refractivity contribution in [2.45, 2.75) is 51.6 Å². The van der Waals surface area contributed by atoms with Gasteiger partial charge in [-0.15, -0.1) is 0 Å². The van der Waals surface area contributed by atoms with E-state index in [1.807, 2.05) is 0 Å². The van der Waals surface area contributed by atoms with Gasteiger partial charge in [0, 0.05) is 18.6 Å². The van der Waals surface area contributed by atoms with Gasteiger partial charge in [0.25, 0.3) is 0 Å². The zero-order chi connectivity index (χ0) is 12.7. The van der Waals surface area contributed by atoms with E-state index >= 15 is 0 Å². The number of rotatable bonds is 7. The number of nitrogens with zero attached hydrogens (tertiary/aromatic N) is 2. The minimum absolute atomic E-state index is 0.612. The molecule has 102 valence electrons. The number of nitrogens with one attached hydrogen (secondary N) is 1. The summed E-state index contributed by atoms with van der Waals surface area (Å²) in [5.41, 5.74) is 0. The average Bonchev–Trinajstić information content (AvgIpc) is 2.27. The Labute approximate surface area is 108 Å². The van der Waals surface area contributed by atoms with Crippen molar-refractivity contribution < 1.29 is 0 Å². The van der Waals surface area contributed by atoms with E-state index in [1.54, 1.807) is 0 Å². The molecule has 1 unspecified atom stereocenters. The summed E-state index contributed by atoms with van der Waals surface area (Å²) in [5.74, 6) is 0. The van der Waals surface area contributed by atoms with Crippen LogP contribution in [0.3, 0.4) is 0 Å². The van der Waals surface area contributed by atoms with Gasteiger partial charge < -0.3 is 10.2 Å². The number of hydrogen-bond donors (Lipinski definition) is 1. The summed E-state index contributed by atoms with van der Waals surface area (Å²) in [7, 11) is 4.32. The van der Waals surface area contributed by atoms with Crippen LogP contribution in [0.2, 0.25) is 0 Å². The van der Waals surface area contributed by atoms with Crippen LogP contribution in [0.15, 0.2) is 0 Å². The molecule has 1 fully saturated rings. The molecule has 1 aliphatic heterocycles. The Bertz CT molecular complexity index is 192. The van der Waals surface area contributed by atoms with Crippen molar-refractivity contribution in [2.75, 3.05) is 40.3 Å². The highest BCUT2D eigenvalue weighted by atomic mass is 15.2. The van der Waals surface area contributed by atoms with E-state index < -0.39 is 0 Å². The Morgan fingerprint density at radius 2 is 2.06 bits per heavy atom. The molecule has 17 heavy (non-hydrogen) atoms. The van der Waals surface area contributed by atoms with Crippen molar-refractivity contribution in [1.29, 1.82) is 0 Å². The third-order valence-corrected chi connectivity index (χ3v) is 3.56. The molecule has 0 aromatic heterocycles. The summed E-state index contributed by atoms with van der Waals surface area (Å²) in [6.45, 7) is 9.42. The zero-order valence-corrected chi connectivity index (χ0v) is 12.2. The number of hydrogen-bond acceptors (Lipinski definition) is 3. The van der Waals surface area contributed by atoms with Gasteiger partial charge in [-0.3, -0.25) is 4.90 Å². The van der Waals surface area contributed by atoms with Gasteiger partial charge in [-0.05, 0) is 53.0 Å². The van der Waals surface area contributed by atoms with Crippen molar-refractivity contribution in [2.24, 2.45) is 0 Å². The van der Waals surface area contributed by atoms with Gasteiger partial charge in [-0.25, -0.2) is 0 Å². The highest BCUT2D eigenvalue weighted by Crippen LogP contribution is 2.16. The molecular formula is C14H31N3. The first kappa shape index (κ1) is 14.9. The van der Waals surface area contributed by atoms with Crippen LogP contribution in [0.1, 0.15) is 39.5 Å². The first-order valence-corrected chi connectivity index (χ1v) is 7.21. The lowest BCUT2D eigenvalue weighted by Gasteiger charge is -2.36. The van der Waals surface area contributed by atoms with E-state index in [0.717, 1.165) is 6.04 Å². The molecule has 3 heteroatoms. The highest BCUT2D eigenvalue weighted by Gasteiger charge is 2.21. The van der Waals surface area contributed by atoms with Gasteiger partial charge in [0.1, 0.15) is 0 Å². The van der Waals surface area contributed by atoms with Crippen LogP contribution < -0.4 is 5.32 Å². The average molecular weight is 241 g/mol. The third kappa shape index (κ3) is 6.39. The van der Waals surface area contributed by atoms with E-state index in [1.165, 1.54) is 51.9 Å². The fraction of sp³-hybridized carbons (Fsp3) is 1.00. The minimum atomic E-state index is 0.612. The standard InChI is InChI=1S/C14H31N3/c1-13(2)15-12-14-8-5-6-10-17(14)11-7-9-16(3)4/h13-15H,5-12H2,1-4H3. The Balaban J connectivity index is 2.26. The summed E-state index contributed by atoms with van der Waals surface area (Å²) < 4.78 is 0. The Kier molecular flexibility index (Phi) is 7.09. The van der Waals surface area contributed by atoms with Crippen LogP contribution in [0.4, 0.5) is 0 Å². The number of likely N-dealkylation sites (tertiary alicyclic amines) is 1. The summed E-state index contributed by atoms with van der Waals surface area (Å²) in [6, 6.07) is 1.38. The van der Waals surface area contributed by atoms with Crippen LogP contribution >= 0.6 is 0 Å². The molecule has 0 saturated carbocycles.